The highest BCUT2D eigenvalue weighted by Crippen LogP contribution is 2.37. The predicted octanol–water partition coefficient (Wildman–Crippen LogP) is 2.27. The van der Waals surface area contributed by atoms with Gasteiger partial charge >= 0.3 is 0 Å². The van der Waals surface area contributed by atoms with Gasteiger partial charge in [-0.2, -0.15) is 0 Å². The lowest BCUT2D eigenvalue weighted by molar-refractivity contribution is -0.134. The Balaban J connectivity index is 1.50. The molecule has 3 heterocycles. The van der Waals surface area contributed by atoms with E-state index in [1.165, 1.54) is 0 Å². The molecule has 0 bridgehead atoms. The average molecular weight is 356 g/mol. The van der Waals surface area contributed by atoms with Crippen LogP contribution < -0.4 is 10.9 Å². The Morgan fingerprint density at radius 1 is 1.31 bits per heavy atom. The normalized spacial score (nSPS) is 25.8. The number of amides is 1. The predicted molar refractivity (Wildman–Crippen MR) is 95.2 cm³/mol. The number of aromatic nitrogens is 1. The van der Waals surface area contributed by atoms with Crippen molar-refractivity contribution in [2.24, 2.45) is 0 Å². The monoisotopic (exact) mass is 356 g/mol. The minimum Gasteiger partial charge on any atom is -0.508 e. The summed E-state index contributed by atoms with van der Waals surface area (Å²) in [5.41, 5.74) is 8.97. The maximum atomic E-state index is 13.1. The number of phenols is 1. The van der Waals surface area contributed by atoms with Crippen molar-refractivity contribution in [3.8, 4) is 5.75 Å². The molecule has 2 saturated heterocycles. The topological polar surface area (TPSA) is 90.6 Å². The van der Waals surface area contributed by atoms with Gasteiger partial charge in [0.1, 0.15) is 17.6 Å². The van der Waals surface area contributed by atoms with Crippen molar-refractivity contribution < 1.29 is 14.4 Å². The van der Waals surface area contributed by atoms with E-state index in [2.05, 4.69) is 16.0 Å². The first-order valence-corrected chi connectivity index (χ1v) is 9.08. The van der Waals surface area contributed by atoms with Crippen LogP contribution in [0.2, 0.25) is 0 Å². The number of carbonyl (C=O) groups is 1. The Bertz CT molecular complexity index is 799. The summed E-state index contributed by atoms with van der Waals surface area (Å²) >= 11 is 0. The van der Waals surface area contributed by atoms with Gasteiger partial charge in [0.05, 0.1) is 17.8 Å². The van der Waals surface area contributed by atoms with E-state index in [4.69, 9.17) is 4.52 Å². The lowest BCUT2D eigenvalue weighted by atomic mass is 9.99. The second-order valence-corrected chi connectivity index (χ2v) is 7.12. The highest BCUT2D eigenvalue weighted by Gasteiger charge is 2.39. The van der Waals surface area contributed by atoms with Crippen LogP contribution in [0, 0.1) is 13.8 Å². The first-order chi connectivity index (χ1) is 12.6. The number of nitrogens with one attached hydrogen (secondary N) is 2. The number of hydrogen-bond acceptors (Lipinski definition) is 6. The quantitative estimate of drug-likeness (QED) is 0.782. The van der Waals surface area contributed by atoms with Gasteiger partial charge in [0, 0.05) is 17.7 Å². The number of para-hydroxylation sites is 1. The number of likely N-dealkylation sites (tertiary alicyclic amines) is 1. The van der Waals surface area contributed by atoms with Crippen LogP contribution in [0.5, 0.6) is 5.75 Å². The third-order valence-corrected chi connectivity index (χ3v) is 5.47. The molecule has 1 aromatic heterocycles. The van der Waals surface area contributed by atoms with Gasteiger partial charge in [-0.25, -0.2) is 10.9 Å². The molecule has 3 atom stereocenters. The van der Waals surface area contributed by atoms with Crippen LogP contribution in [0.15, 0.2) is 28.8 Å². The van der Waals surface area contributed by atoms with Crippen LogP contribution in [0.1, 0.15) is 53.9 Å². The number of rotatable bonds is 3. The zero-order chi connectivity index (χ0) is 18.3. The van der Waals surface area contributed by atoms with E-state index >= 15 is 0 Å². The maximum absolute atomic E-state index is 13.1. The number of hydrogen-bond donors (Lipinski definition) is 3. The average Bonchev–Trinajstić information content (AvgIpc) is 3.35. The lowest BCUT2D eigenvalue weighted by Gasteiger charge is -2.27. The number of aryl methyl sites for hydroxylation is 2. The fourth-order valence-electron chi connectivity index (χ4n) is 4.20. The van der Waals surface area contributed by atoms with E-state index in [1.54, 1.807) is 12.1 Å². The van der Waals surface area contributed by atoms with Crippen LogP contribution in [0.4, 0.5) is 0 Å². The van der Waals surface area contributed by atoms with Gasteiger partial charge in [0.25, 0.3) is 0 Å². The summed E-state index contributed by atoms with van der Waals surface area (Å²) in [4.78, 5) is 15.1. The highest BCUT2D eigenvalue weighted by molar-refractivity contribution is 5.83. The third-order valence-electron chi connectivity index (χ3n) is 5.47. The molecule has 3 N–H and O–H groups in total. The Labute approximate surface area is 152 Å². The fraction of sp³-hybridized carbons (Fsp3) is 0.474. The van der Waals surface area contributed by atoms with E-state index < -0.39 is 0 Å². The first kappa shape index (κ1) is 17.1. The molecule has 1 aromatic carbocycles. The van der Waals surface area contributed by atoms with Crippen molar-refractivity contribution in [2.45, 2.75) is 51.2 Å². The van der Waals surface area contributed by atoms with Gasteiger partial charge in [-0.1, -0.05) is 23.4 Å². The summed E-state index contributed by atoms with van der Waals surface area (Å²) < 4.78 is 5.31. The van der Waals surface area contributed by atoms with Gasteiger partial charge in [0.2, 0.25) is 5.91 Å². The highest BCUT2D eigenvalue weighted by atomic mass is 16.5. The summed E-state index contributed by atoms with van der Waals surface area (Å²) in [6, 6.07) is 6.84. The molecule has 0 saturated carbocycles. The number of phenolic OH excluding ortho intramolecular Hbond substituents is 1. The van der Waals surface area contributed by atoms with Crippen LogP contribution in [0.3, 0.4) is 0 Å². The minimum absolute atomic E-state index is 0.0275. The Kier molecular flexibility index (Phi) is 4.42. The van der Waals surface area contributed by atoms with Crippen LogP contribution in [-0.4, -0.2) is 33.7 Å². The molecule has 1 amide bonds. The van der Waals surface area contributed by atoms with Gasteiger partial charge in [0.15, 0.2) is 0 Å². The van der Waals surface area contributed by atoms with E-state index in [0.29, 0.717) is 6.42 Å². The van der Waals surface area contributed by atoms with Crippen molar-refractivity contribution in [3.63, 3.8) is 0 Å². The van der Waals surface area contributed by atoms with Crippen LogP contribution >= 0.6 is 0 Å². The van der Waals surface area contributed by atoms with Crippen molar-refractivity contribution >= 4 is 5.91 Å². The number of hydrazine groups is 1. The third kappa shape index (κ3) is 2.87. The SMILES string of the molecule is Cc1noc(C)c1C1CCCN1C(=O)C1CC(c2ccccc2O)NN1. The minimum atomic E-state index is -0.319. The van der Waals surface area contributed by atoms with E-state index in [9.17, 15) is 9.90 Å². The Hall–Kier alpha value is -2.38. The molecule has 26 heavy (non-hydrogen) atoms. The molecule has 7 nitrogen and oxygen atoms in total. The summed E-state index contributed by atoms with van der Waals surface area (Å²) in [5, 5.41) is 14.1. The molecule has 2 aliphatic rings. The molecule has 138 valence electrons. The van der Waals surface area contributed by atoms with Crippen LogP contribution in [-0.2, 0) is 4.79 Å². The molecular weight excluding hydrogens is 332 g/mol. The second-order valence-electron chi connectivity index (χ2n) is 7.12. The zero-order valence-corrected chi connectivity index (χ0v) is 15.0. The van der Waals surface area contributed by atoms with E-state index in [-0.39, 0.29) is 29.8 Å². The summed E-state index contributed by atoms with van der Waals surface area (Å²) in [6.45, 7) is 4.57. The molecule has 4 rings (SSSR count). The molecule has 7 heteroatoms. The molecule has 2 fully saturated rings. The van der Waals surface area contributed by atoms with Gasteiger partial charge in [-0.15, -0.1) is 0 Å². The molecule has 3 unspecified atom stereocenters. The van der Waals surface area contributed by atoms with E-state index in [0.717, 1.165) is 42.0 Å². The van der Waals surface area contributed by atoms with Crippen molar-refractivity contribution in [1.82, 2.24) is 20.9 Å². The zero-order valence-electron chi connectivity index (χ0n) is 15.0. The number of benzene rings is 1. The molecule has 2 aromatic rings. The first-order valence-electron chi connectivity index (χ1n) is 9.08. The number of carbonyl (C=O) groups excluding carboxylic acids is 1. The smallest absolute Gasteiger partial charge is 0.241 e. The van der Waals surface area contributed by atoms with Crippen molar-refractivity contribution in [3.05, 3.63) is 46.8 Å². The molecule has 0 spiro atoms. The van der Waals surface area contributed by atoms with Gasteiger partial charge < -0.3 is 14.5 Å². The number of aromatic hydroxyl groups is 1. The largest absolute Gasteiger partial charge is 0.508 e. The summed E-state index contributed by atoms with van der Waals surface area (Å²) in [7, 11) is 0. The van der Waals surface area contributed by atoms with Gasteiger partial charge in [-0.3, -0.25) is 4.79 Å². The maximum Gasteiger partial charge on any atom is 0.241 e. The van der Waals surface area contributed by atoms with Gasteiger partial charge in [-0.05, 0) is 39.2 Å². The lowest BCUT2D eigenvalue weighted by Crippen LogP contribution is -2.45. The summed E-state index contributed by atoms with van der Waals surface area (Å²) in [5.74, 6) is 1.12. The van der Waals surface area contributed by atoms with Crippen LogP contribution in [0.25, 0.3) is 0 Å². The Morgan fingerprint density at radius 2 is 2.12 bits per heavy atom. The van der Waals surface area contributed by atoms with E-state index in [1.807, 2.05) is 30.9 Å². The second kappa shape index (κ2) is 6.74. The fourth-order valence-corrected chi connectivity index (χ4v) is 4.20. The number of nitrogens with zero attached hydrogens (tertiary/aromatic N) is 2. The molecule has 0 radical (unpaired) electrons. The standard InChI is InChI=1S/C19H24N4O3/c1-11-18(12(2)26-22-11)16-7-5-9-23(16)19(25)15-10-14(20-21-15)13-6-3-4-8-17(13)24/h3-4,6,8,14-16,20-21,24H,5,7,9-10H2,1-2H3. The Morgan fingerprint density at radius 3 is 2.85 bits per heavy atom. The van der Waals surface area contributed by atoms with Crippen molar-refractivity contribution in [1.29, 1.82) is 0 Å². The van der Waals surface area contributed by atoms with Crippen molar-refractivity contribution in [2.75, 3.05) is 6.54 Å². The molecular formula is C19H24N4O3. The summed E-state index contributed by atoms with van der Waals surface area (Å²) in [6.07, 6.45) is 2.50. The molecule has 2 aliphatic heterocycles. The molecule has 0 aliphatic carbocycles.